The van der Waals surface area contributed by atoms with E-state index in [0.29, 0.717) is 36.1 Å². The normalized spacial score (nSPS) is 15.5. The van der Waals surface area contributed by atoms with Gasteiger partial charge in [-0.25, -0.2) is 4.79 Å². The maximum absolute atomic E-state index is 12.4. The average Bonchev–Trinajstić information content (AvgIpc) is 3.14. The van der Waals surface area contributed by atoms with Gasteiger partial charge in [-0.05, 0) is 49.2 Å². The molecule has 0 unspecified atom stereocenters. The predicted octanol–water partition coefficient (Wildman–Crippen LogP) is 4.94. The molecule has 3 aromatic rings. The van der Waals surface area contributed by atoms with Crippen LogP contribution in [0.1, 0.15) is 25.7 Å². The molecule has 33 heavy (non-hydrogen) atoms. The number of hydrogen-bond acceptors (Lipinski definition) is 6. The van der Waals surface area contributed by atoms with Crippen molar-refractivity contribution < 1.29 is 14.3 Å². The van der Waals surface area contributed by atoms with Crippen LogP contribution in [-0.2, 0) is 0 Å². The number of urea groups is 1. The molecule has 3 heterocycles. The quantitative estimate of drug-likeness (QED) is 0.591. The van der Waals surface area contributed by atoms with Gasteiger partial charge in [-0.3, -0.25) is 0 Å². The first-order chi connectivity index (χ1) is 16.2. The Kier molecular flexibility index (Phi) is 6.23. The summed E-state index contributed by atoms with van der Waals surface area (Å²) >= 11 is 0. The molecule has 2 aliphatic rings. The van der Waals surface area contributed by atoms with Crippen LogP contribution < -0.4 is 25.0 Å². The molecule has 0 radical (unpaired) electrons. The van der Waals surface area contributed by atoms with Gasteiger partial charge in [0.2, 0.25) is 0 Å². The minimum Gasteiger partial charge on any atom is -0.486 e. The molecule has 8 nitrogen and oxygen atoms in total. The number of anilines is 3. The van der Waals surface area contributed by atoms with Gasteiger partial charge in [0.1, 0.15) is 13.2 Å². The van der Waals surface area contributed by atoms with Gasteiger partial charge in [0.05, 0.1) is 5.69 Å². The van der Waals surface area contributed by atoms with E-state index in [1.54, 1.807) is 18.2 Å². The van der Waals surface area contributed by atoms with E-state index in [0.717, 1.165) is 30.2 Å². The number of nitrogens with one attached hydrogen (secondary N) is 2. The van der Waals surface area contributed by atoms with Gasteiger partial charge in [-0.1, -0.05) is 25.0 Å². The number of aromatic nitrogens is 2. The Morgan fingerprint density at radius 2 is 1.45 bits per heavy atom. The van der Waals surface area contributed by atoms with Crippen LogP contribution in [0.3, 0.4) is 0 Å². The molecule has 0 aliphatic carbocycles. The van der Waals surface area contributed by atoms with Crippen molar-refractivity contribution in [2.45, 2.75) is 25.7 Å². The molecule has 1 fully saturated rings. The van der Waals surface area contributed by atoms with E-state index in [-0.39, 0.29) is 6.03 Å². The van der Waals surface area contributed by atoms with Gasteiger partial charge in [0.25, 0.3) is 0 Å². The maximum atomic E-state index is 12.4. The van der Waals surface area contributed by atoms with Crippen LogP contribution in [0.4, 0.5) is 22.0 Å². The highest BCUT2D eigenvalue weighted by atomic mass is 16.6. The molecule has 2 aliphatic heterocycles. The standard InChI is InChI=1S/C25H27N5O3/c31-25(27-20-9-11-22-23(17-20)33-16-15-32-22)26-19-7-5-18(6-8-19)21-10-12-24(29-28-21)30-13-3-1-2-4-14-30/h5-12,17H,1-4,13-16H2,(H2,26,27,31). The Balaban J connectivity index is 1.19. The molecule has 0 spiro atoms. The molecule has 8 heteroatoms. The lowest BCUT2D eigenvalue weighted by atomic mass is 10.1. The Hall–Kier alpha value is -3.81. The number of carbonyl (C=O) groups is 1. The summed E-state index contributed by atoms with van der Waals surface area (Å²) < 4.78 is 11.1. The van der Waals surface area contributed by atoms with Gasteiger partial charge in [0, 0.05) is 36.1 Å². The van der Waals surface area contributed by atoms with Gasteiger partial charge in [0.15, 0.2) is 17.3 Å². The zero-order valence-corrected chi connectivity index (χ0v) is 18.4. The minimum absolute atomic E-state index is 0.332. The molecule has 1 saturated heterocycles. The lowest BCUT2D eigenvalue weighted by Crippen LogP contribution is -2.25. The highest BCUT2D eigenvalue weighted by molar-refractivity contribution is 6.00. The van der Waals surface area contributed by atoms with Gasteiger partial charge in [-0.2, -0.15) is 0 Å². The Morgan fingerprint density at radius 3 is 2.18 bits per heavy atom. The van der Waals surface area contributed by atoms with Gasteiger partial charge in [-0.15, -0.1) is 10.2 Å². The molecule has 0 saturated carbocycles. The first-order valence-corrected chi connectivity index (χ1v) is 11.4. The van der Waals surface area contributed by atoms with Crippen molar-refractivity contribution in [3.63, 3.8) is 0 Å². The van der Waals surface area contributed by atoms with E-state index in [2.05, 4.69) is 25.7 Å². The summed E-state index contributed by atoms with van der Waals surface area (Å²) in [6.07, 6.45) is 4.99. The zero-order chi connectivity index (χ0) is 22.5. The van der Waals surface area contributed by atoms with E-state index in [1.807, 2.05) is 36.4 Å². The number of fused-ring (bicyclic) bond motifs is 1. The monoisotopic (exact) mass is 445 g/mol. The summed E-state index contributed by atoms with van der Waals surface area (Å²) in [4.78, 5) is 14.7. The molecule has 1 aromatic heterocycles. The number of hydrogen-bond donors (Lipinski definition) is 2. The minimum atomic E-state index is -0.332. The molecular weight excluding hydrogens is 418 g/mol. The number of rotatable bonds is 4. The fraction of sp³-hybridized carbons (Fsp3) is 0.320. The Morgan fingerprint density at radius 1 is 0.758 bits per heavy atom. The fourth-order valence-corrected chi connectivity index (χ4v) is 4.09. The first kappa shape index (κ1) is 21.1. The summed E-state index contributed by atoms with van der Waals surface area (Å²) in [5.41, 5.74) is 3.07. The second-order valence-electron chi connectivity index (χ2n) is 8.19. The Labute approximate surface area is 192 Å². The Bertz CT molecular complexity index is 1090. The molecule has 2 aromatic carbocycles. The van der Waals surface area contributed by atoms with Crippen LogP contribution in [0, 0.1) is 0 Å². The highest BCUT2D eigenvalue weighted by Gasteiger charge is 2.14. The average molecular weight is 446 g/mol. The molecule has 0 bridgehead atoms. The van der Waals surface area contributed by atoms with Crippen LogP contribution in [0.2, 0.25) is 0 Å². The van der Waals surface area contributed by atoms with Crippen molar-refractivity contribution in [2.24, 2.45) is 0 Å². The summed E-state index contributed by atoms with van der Waals surface area (Å²) in [5, 5.41) is 14.5. The second-order valence-corrected chi connectivity index (χ2v) is 8.19. The van der Waals surface area contributed by atoms with Gasteiger partial charge < -0.3 is 25.0 Å². The maximum Gasteiger partial charge on any atom is 0.323 e. The number of carbonyl (C=O) groups excluding carboxylic acids is 1. The number of nitrogens with zero attached hydrogens (tertiary/aromatic N) is 3. The third-order valence-corrected chi connectivity index (χ3v) is 5.82. The molecule has 2 amide bonds. The number of ether oxygens (including phenoxy) is 2. The van der Waals surface area contributed by atoms with E-state index in [9.17, 15) is 4.79 Å². The van der Waals surface area contributed by atoms with E-state index in [4.69, 9.17) is 9.47 Å². The molecular formula is C25H27N5O3. The van der Waals surface area contributed by atoms with Crippen molar-refractivity contribution in [1.29, 1.82) is 0 Å². The molecule has 5 rings (SSSR count). The predicted molar refractivity (Wildman–Crippen MR) is 128 cm³/mol. The summed E-state index contributed by atoms with van der Waals surface area (Å²) in [6.45, 7) is 3.12. The molecule has 2 N–H and O–H groups in total. The SMILES string of the molecule is O=C(Nc1ccc(-c2ccc(N3CCCCCC3)nn2)cc1)Nc1ccc2c(c1)OCCO2. The summed E-state index contributed by atoms with van der Waals surface area (Å²) in [7, 11) is 0. The molecule has 0 atom stereocenters. The third-order valence-electron chi connectivity index (χ3n) is 5.82. The van der Waals surface area contributed by atoms with E-state index >= 15 is 0 Å². The van der Waals surface area contributed by atoms with E-state index < -0.39 is 0 Å². The van der Waals surface area contributed by atoms with Crippen LogP contribution in [0.25, 0.3) is 11.3 Å². The van der Waals surface area contributed by atoms with Gasteiger partial charge >= 0.3 is 6.03 Å². The third kappa shape index (κ3) is 5.16. The van der Waals surface area contributed by atoms with Crippen molar-refractivity contribution >= 4 is 23.2 Å². The van der Waals surface area contributed by atoms with Crippen LogP contribution in [-0.4, -0.2) is 42.5 Å². The fourth-order valence-electron chi connectivity index (χ4n) is 4.09. The number of amides is 2. The van der Waals surface area contributed by atoms with Crippen molar-refractivity contribution in [3.8, 4) is 22.8 Å². The summed E-state index contributed by atoms with van der Waals surface area (Å²) in [5.74, 6) is 2.26. The second kappa shape index (κ2) is 9.77. The largest absolute Gasteiger partial charge is 0.486 e. The number of benzene rings is 2. The van der Waals surface area contributed by atoms with Crippen molar-refractivity contribution in [1.82, 2.24) is 10.2 Å². The first-order valence-electron chi connectivity index (χ1n) is 11.4. The topological polar surface area (TPSA) is 88.6 Å². The van der Waals surface area contributed by atoms with Crippen LogP contribution in [0.15, 0.2) is 54.6 Å². The lowest BCUT2D eigenvalue weighted by molar-refractivity contribution is 0.171. The molecule has 170 valence electrons. The highest BCUT2D eigenvalue weighted by Crippen LogP contribution is 2.32. The smallest absolute Gasteiger partial charge is 0.323 e. The van der Waals surface area contributed by atoms with Crippen LogP contribution in [0.5, 0.6) is 11.5 Å². The lowest BCUT2D eigenvalue weighted by Gasteiger charge is -2.20. The van der Waals surface area contributed by atoms with Crippen molar-refractivity contribution in [3.05, 3.63) is 54.6 Å². The van der Waals surface area contributed by atoms with Crippen molar-refractivity contribution in [2.75, 3.05) is 41.8 Å². The zero-order valence-electron chi connectivity index (χ0n) is 18.4. The summed E-state index contributed by atoms with van der Waals surface area (Å²) in [6, 6.07) is 16.6. The van der Waals surface area contributed by atoms with E-state index in [1.165, 1.54) is 25.7 Å². The van der Waals surface area contributed by atoms with Crippen LogP contribution >= 0.6 is 0 Å².